The Balaban J connectivity index is 1.03. The van der Waals surface area contributed by atoms with Crippen LogP contribution in [0.5, 0.6) is 11.5 Å². The number of alkyl halides is 1. The van der Waals surface area contributed by atoms with E-state index in [1.807, 2.05) is 6.92 Å². The van der Waals surface area contributed by atoms with Crippen molar-refractivity contribution in [1.82, 2.24) is 14.9 Å². The first-order valence-electron chi connectivity index (χ1n) is 13.1. The normalized spacial score (nSPS) is 22.1. The molecule has 3 aliphatic rings. The lowest BCUT2D eigenvalue weighted by Crippen LogP contribution is -2.52. The standard InChI is InChI=1S/C27H33F3N4O3/c1-2-36-21-13-31-27(32-14-21)33-6-3-17(4-7-33)22-9-18(22)5-8-37-20-10-24(29)23(25(30)11-20)12-26(35)34-15-19(28)16-34/h10-11,13-14,17-19,22H,2-9,12,15-16H2,1H3/t18?,22-/m1/s1. The van der Waals surface area contributed by atoms with Crippen LogP contribution in [0.4, 0.5) is 19.1 Å². The van der Waals surface area contributed by atoms with E-state index in [0.717, 1.165) is 56.9 Å². The number of ether oxygens (including phenoxy) is 2. The number of anilines is 1. The van der Waals surface area contributed by atoms with E-state index < -0.39 is 30.1 Å². The van der Waals surface area contributed by atoms with Gasteiger partial charge in [0.2, 0.25) is 11.9 Å². The fraction of sp³-hybridized carbons (Fsp3) is 0.593. The van der Waals surface area contributed by atoms with Crippen LogP contribution in [0.1, 0.15) is 38.2 Å². The molecule has 5 rings (SSSR count). The van der Waals surface area contributed by atoms with Gasteiger partial charge in [-0.25, -0.2) is 23.1 Å². The van der Waals surface area contributed by atoms with Gasteiger partial charge in [-0.1, -0.05) is 0 Å². The summed E-state index contributed by atoms with van der Waals surface area (Å²) in [7, 11) is 0. The molecule has 2 atom stereocenters. The summed E-state index contributed by atoms with van der Waals surface area (Å²) in [5.74, 6) is 1.35. The molecule has 2 aliphatic heterocycles. The van der Waals surface area contributed by atoms with Gasteiger partial charge in [-0.05, 0) is 50.4 Å². The summed E-state index contributed by atoms with van der Waals surface area (Å²) in [6.07, 6.45) is 6.16. The smallest absolute Gasteiger partial charge is 0.227 e. The summed E-state index contributed by atoms with van der Waals surface area (Å²) in [6, 6.07) is 2.26. The maximum absolute atomic E-state index is 14.5. The van der Waals surface area contributed by atoms with Gasteiger partial charge in [0, 0.05) is 30.8 Å². The summed E-state index contributed by atoms with van der Waals surface area (Å²) < 4.78 is 52.9. The molecule has 3 heterocycles. The molecule has 200 valence electrons. The van der Waals surface area contributed by atoms with Crippen molar-refractivity contribution < 1.29 is 27.4 Å². The van der Waals surface area contributed by atoms with Crippen molar-refractivity contribution >= 4 is 11.9 Å². The molecule has 0 N–H and O–H groups in total. The van der Waals surface area contributed by atoms with Crippen LogP contribution in [-0.2, 0) is 11.2 Å². The fourth-order valence-corrected chi connectivity index (χ4v) is 5.47. The summed E-state index contributed by atoms with van der Waals surface area (Å²) in [4.78, 5) is 24.4. The van der Waals surface area contributed by atoms with Gasteiger partial charge in [0.1, 0.15) is 23.6 Å². The highest BCUT2D eigenvalue weighted by atomic mass is 19.1. The quantitative estimate of drug-likeness (QED) is 0.470. The number of rotatable bonds is 10. The number of carbonyl (C=O) groups is 1. The van der Waals surface area contributed by atoms with E-state index in [4.69, 9.17) is 9.47 Å². The third kappa shape index (κ3) is 6.10. The van der Waals surface area contributed by atoms with Crippen molar-refractivity contribution in [3.63, 3.8) is 0 Å². The molecule has 1 aromatic heterocycles. The van der Waals surface area contributed by atoms with Crippen LogP contribution in [-0.4, -0.2) is 66.3 Å². The van der Waals surface area contributed by atoms with E-state index in [2.05, 4.69) is 14.9 Å². The molecule has 1 aliphatic carbocycles. The SMILES string of the molecule is CCOc1cnc(N2CCC([C@H]3CC3CCOc3cc(F)c(CC(=O)N4CC(F)C4)c(F)c3)CC2)nc1. The highest BCUT2D eigenvalue weighted by Crippen LogP contribution is 2.49. The van der Waals surface area contributed by atoms with Gasteiger partial charge in [-0.15, -0.1) is 0 Å². The van der Waals surface area contributed by atoms with Crippen LogP contribution in [0.25, 0.3) is 0 Å². The Morgan fingerprint density at radius 1 is 1.05 bits per heavy atom. The second-order valence-electron chi connectivity index (χ2n) is 10.2. The Morgan fingerprint density at radius 2 is 1.73 bits per heavy atom. The van der Waals surface area contributed by atoms with Gasteiger partial charge >= 0.3 is 0 Å². The zero-order valence-electron chi connectivity index (χ0n) is 21.0. The Morgan fingerprint density at radius 3 is 2.35 bits per heavy atom. The number of aromatic nitrogens is 2. The summed E-state index contributed by atoms with van der Waals surface area (Å²) in [5, 5.41) is 0. The number of halogens is 3. The first kappa shape index (κ1) is 25.6. The molecule has 0 radical (unpaired) electrons. The number of hydrogen-bond donors (Lipinski definition) is 0. The topological polar surface area (TPSA) is 67.8 Å². The molecule has 10 heteroatoms. The van der Waals surface area contributed by atoms with Gasteiger partial charge in [0.05, 0.1) is 45.1 Å². The van der Waals surface area contributed by atoms with Gasteiger partial charge in [0.25, 0.3) is 0 Å². The molecule has 7 nitrogen and oxygen atoms in total. The zero-order valence-corrected chi connectivity index (χ0v) is 21.0. The molecule has 2 saturated heterocycles. The number of nitrogens with zero attached hydrogens (tertiary/aromatic N) is 4. The molecule has 0 bridgehead atoms. The highest BCUT2D eigenvalue weighted by Gasteiger charge is 2.43. The van der Waals surface area contributed by atoms with E-state index in [1.54, 1.807) is 12.4 Å². The number of hydrogen-bond acceptors (Lipinski definition) is 6. The fourth-order valence-electron chi connectivity index (χ4n) is 5.47. The van der Waals surface area contributed by atoms with E-state index >= 15 is 0 Å². The highest BCUT2D eigenvalue weighted by molar-refractivity contribution is 5.79. The third-order valence-electron chi connectivity index (χ3n) is 7.72. The minimum atomic E-state index is -1.05. The first-order valence-corrected chi connectivity index (χ1v) is 13.1. The van der Waals surface area contributed by atoms with Gasteiger partial charge in [-0.3, -0.25) is 4.79 Å². The Labute approximate surface area is 215 Å². The first-order chi connectivity index (χ1) is 17.9. The predicted octanol–water partition coefficient (Wildman–Crippen LogP) is 4.20. The number of likely N-dealkylation sites (tertiary alicyclic amines) is 1. The molecule has 37 heavy (non-hydrogen) atoms. The van der Waals surface area contributed by atoms with Crippen molar-refractivity contribution in [2.75, 3.05) is 44.3 Å². The molecule has 1 saturated carbocycles. The van der Waals surface area contributed by atoms with Crippen LogP contribution in [0.2, 0.25) is 0 Å². The van der Waals surface area contributed by atoms with Crippen LogP contribution in [0, 0.1) is 29.4 Å². The van der Waals surface area contributed by atoms with Gasteiger partial charge < -0.3 is 19.3 Å². The predicted molar refractivity (Wildman–Crippen MR) is 131 cm³/mol. The van der Waals surface area contributed by atoms with E-state index in [9.17, 15) is 18.0 Å². The average molecular weight is 519 g/mol. The van der Waals surface area contributed by atoms with Gasteiger partial charge in [-0.2, -0.15) is 0 Å². The number of carbonyl (C=O) groups excluding carboxylic acids is 1. The lowest BCUT2D eigenvalue weighted by atomic mass is 9.90. The average Bonchev–Trinajstić information content (AvgIpc) is 3.64. The summed E-state index contributed by atoms with van der Waals surface area (Å²) in [6.45, 7) is 4.74. The van der Waals surface area contributed by atoms with Crippen LogP contribution in [0.3, 0.4) is 0 Å². The van der Waals surface area contributed by atoms with Crippen molar-refractivity contribution in [3.05, 3.63) is 41.7 Å². The number of piperidine rings is 1. The van der Waals surface area contributed by atoms with Crippen molar-refractivity contribution in [1.29, 1.82) is 0 Å². The van der Waals surface area contributed by atoms with Crippen molar-refractivity contribution in [2.24, 2.45) is 17.8 Å². The maximum atomic E-state index is 14.5. The van der Waals surface area contributed by atoms with Crippen molar-refractivity contribution in [3.8, 4) is 11.5 Å². The minimum absolute atomic E-state index is 0.0122. The summed E-state index contributed by atoms with van der Waals surface area (Å²) >= 11 is 0. The lowest BCUT2D eigenvalue weighted by Gasteiger charge is -2.34. The van der Waals surface area contributed by atoms with Crippen LogP contribution >= 0.6 is 0 Å². The van der Waals surface area contributed by atoms with Crippen LogP contribution in [0.15, 0.2) is 24.5 Å². The Hall–Kier alpha value is -3.04. The molecule has 3 fully saturated rings. The van der Waals surface area contributed by atoms with E-state index in [0.29, 0.717) is 36.7 Å². The van der Waals surface area contributed by atoms with E-state index in [-0.39, 0.29) is 24.4 Å². The van der Waals surface area contributed by atoms with Crippen LogP contribution < -0.4 is 14.4 Å². The van der Waals surface area contributed by atoms with Crippen molar-refractivity contribution in [2.45, 2.75) is 45.2 Å². The molecule has 1 amide bonds. The third-order valence-corrected chi connectivity index (χ3v) is 7.72. The Bertz CT molecular complexity index is 1070. The number of amides is 1. The molecule has 1 aromatic carbocycles. The second kappa shape index (κ2) is 11.1. The molecular formula is C27H33F3N4O3. The Kier molecular flexibility index (Phi) is 7.71. The molecule has 0 spiro atoms. The molecular weight excluding hydrogens is 485 g/mol. The second-order valence-corrected chi connectivity index (χ2v) is 10.2. The minimum Gasteiger partial charge on any atom is -0.493 e. The summed E-state index contributed by atoms with van der Waals surface area (Å²) in [5.41, 5.74) is -0.302. The zero-order chi connectivity index (χ0) is 25.9. The number of benzene rings is 1. The largest absolute Gasteiger partial charge is 0.493 e. The lowest BCUT2D eigenvalue weighted by molar-refractivity contribution is -0.137. The maximum Gasteiger partial charge on any atom is 0.227 e. The molecule has 2 aromatic rings. The van der Waals surface area contributed by atoms with E-state index in [1.165, 1.54) is 4.90 Å². The van der Waals surface area contributed by atoms with Gasteiger partial charge in [0.15, 0.2) is 5.75 Å². The molecule has 1 unspecified atom stereocenters. The monoisotopic (exact) mass is 518 g/mol.